The van der Waals surface area contributed by atoms with Crippen LogP contribution in [0.5, 0.6) is 0 Å². The Hall–Kier alpha value is -2.88. The summed E-state index contributed by atoms with van der Waals surface area (Å²) in [6.07, 6.45) is 6.50. The van der Waals surface area contributed by atoms with Crippen LogP contribution in [0.1, 0.15) is 29.0 Å². The van der Waals surface area contributed by atoms with E-state index in [1.807, 2.05) is 41.4 Å². The Morgan fingerprint density at radius 1 is 1.12 bits per heavy atom. The van der Waals surface area contributed by atoms with Gasteiger partial charge in [-0.25, -0.2) is 4.98 Å². The molecule has 0 spiro atoms. The predicted molar refractivity (Wildman–Crippen MR) is 96.9 cm³/mol. The molecule has 126 valence electrons. The molecule has 0 bridgehead atoms. The number of carbonyl (C=O) groups excluding carboxylic acids is 1. The Bertz CT molecular complexity index is 843. The molecule has 4 rings (SSSR count). The first-order chi connectivity index (χ1) is 12.3. The van der Waals surface area contributed by atoms with Crippen molar-refractivity contribution in [2.45, 2.75) is 25.4 Å². The molecule has 1 aliphatic carbocycles. The van der Waals surface area contributed by atoms with Crippen molar-refractivity contribution in [3.63, 3.8) is 0 Å². The Morgan fingerprint density at radius 2 is 1.96 bits per heavy atom. The summed E-state index contributed by atoms with van der Waals surface area (Å²) in [6, 6.07) is 18.6. The maximum Gasteiger partial charge on any atom is 0.224 e. The normalized spacial score (nSPS) is 18.7. The number of aromatic nitrogens is 2. The first-order valence-electron chi connectivity index (χ1n) is 8.66. The minimum absolute atomic E-state index is 0.122. The van der Waals surface area contributed by atoms with Gasteiger partial charge in [0.05, 0.1) is 6.33 Å². The van der Waals surface area contributed by atoms with Crippen LogP contribution in [-0.2, 0) is 17.9 Å². The van der Waals surface area contributed by atoms with Crippen molar-refractivity contribution in [3.8, 4) is 0 Å². The van der Waals surface area contributed by atoms with Gasteiger partial charge in [-0.2, -0.15) is 0 Å². The summed E-state index contributed by atoms with van der Waals surface area (Å²) < 4.78 is 2.03. The highest BCUT2D eigenvalue weighted by Gasteiger charge is 2.43. The highest BCUT2D eigenvalue weighted by molar-refractivity contribution is 5.82. The molecule has 25 heavy (non-hydrogen) atoms. The number of amides is 1. The Kier molecular flexibility index (Phi) is 4.34. The van der Waals surface area contributed by atoms with Gasteiger partial charge in [0.15, 0.2) is 0 Å². The second kappa shape index (κ2) is 6.93. The van der Waals surface area contributed by atoms with Crippen LogP contribution >= 0.6 is 0 Å². The van der Waals surface area contributed by atoms with Crippen LogP contribution in [0.15, 0.2) is 73.3 Å². The number of benzene rings is 2. The number of nitrogens with zero attached hydrogens (tertiary/aromatic N) is 2. The topological polar surface area (TPSA) is 46.9 Å². The fraction of sp³-hybridized carbons (Fsp3) is 0.238. The summed E-state index contributed by atoms with van der Waals surface area (Å²) in [5.41, 5.74) is 3.60. The molecule has 3 aromatic rings. The zero-order valence-corrected chi connectivity index (χ0v) is 14.0. The van der Waals surface area contributed by atoms with E-state index >= 15 is 0 Å². The monoisotopic (exact) mass is 331 g/mol. The summed E-state index contributed by atoms with van der Waals surface area (Å²) in [6.45, 7) is 1.37. The van der Waals surface area contributed by atoms with E-state index in [4.69, 9.17) is 0 Å². The van der Waals surface area contributed by atoms with E-state index in [1.54, 1.807) is 6.20 Å². The lowest BCUT2D eigenvalue weighted by Crippen LogP contribution is -2.24. The van der Waals surface area contributed by atoms with Gasteiger partial charge in [-0.15, -0.1) is 0 Å². The molecule has 0 radical (unpaired) electrons. The Morgan fingerprint density at radius 3 is 2.76 bits per heavy atom. The quantitative estimate of drug-likeness (QED) is 0.753. The summed E-state index contributed by atoms with van der Waals surface area (Å²) in [7, 11) is 0. The van der Waals surface area contributed by atoms with Crippen molar-refractivity contribution in [1.82, 2.24) is 14.9 Å². The van der Waals surface area contributed by atoms with Gasteiger partial charge >= 0.3 is 0 Å². The average Bonchev–Trinajstić information content (AvgIpc) is 3.30. The summed E-state index contributed by atoms with van der Waals surface area (Å²) in [5.74, 6) is 0.666. The van der Waals surface area contributed by atoms with Crippen molar-refractivity contribution in [2.75, 3.05) is 0 Å². The van der Waals surface area contributed by atoms with E-state index in [2.05, 4.69) is 40.6 Å². The molecule has 1 heterocycles. The molecule has 4 nitrogen and oxygen atoms in total. The zero-order valence-electron chi connectivity index (χ0n) is 14.0. The first-order valence-corrected chi connectivity index (χ1v) is 8.66. The molecule has 1 aliphatic rings. The number of hydrogen-bond acceptors (Lipinski definition) is 2. The van der Waals surface area contributed by atoms with Crippen LogP contribution in [0.25, 0.3) is 0 Å². The highest BCUT2D eigenvalue weighted by Crippen LogP contribution is 2.47. The van der Waals surface area contributed by atoms with Gasteiger partial charge in [-0.3, -0.25) is 4.79 Å². The van der Waals surface area contributed by atoms with Crippen molar-refractivity contribution < 1.29 is 4.79 Å². The van der Waals surface area contributed by atoms with E-state index in [-0.39, 0.29) is 11.8 Å². The molecular formula is C21H21N3O. The molecule has 1 aromatic heterocycles. The summed E-state index contributed by atoms with van der Waals surface area (Å²) >= 11 is 0. The van der Waals surface area contributed by atoms with Crippen LogP contribution in [0.3, 0.4) is 0 Å². The predicted octanol–water partition coefficient (Wildman–Crippen LogP) is 3.35. The van der Waals surface area contributed by atoms with Gasteiger partial charge in [-0.1, -0.05) is 54.6 Å². The molecular weight excluding hydrogens is 310 g/mol. The maximum atomic E-state index is 12.4. The van der Waals surface area contributed by atoms with Crippen LogP contribution < -0.4 is 5.32 Å². The fourth-order valence-corrected chi connectivity index (χ4v) is 3.30. The van der Waals surface area contributed by atoms with Gasteiger partial charge in [0, 0.05) is 31.4 Å². The van der Waals surface area contributed by atoms with Gasteiger partial charge < -0.3 is 9.88 Å². The first kappa shape index (κ1) is 15.6. The van der Waals surface area contributed by atoms with Gasteiger partial charge in [-0.05, 0) is 29.0 Å². The minimum atomic E-state index is 0.122. The SMILES string of the molecule is O=C(NCc1cccc(Cn2ccnc2)c1)[C@H]1C[C@@H]1c1ccccc1. The third-order valence-electron chi connectivity index (χ3n) is 4.74. The molecule has 0 aliphatic heterocycles. The van der Waals surface area contributed by atoms with Crippen LogP contribution in [-0.4, -0.2) is 15.5 Å². The molecule has 1 fully saturated rings. The molecule has 2 aromatic carbocycles. The van der Waals surface area contributed by atoms with Crippen molar-refractivity contribution in [3.05, 3.63) is 90.0 Å². The van der Waals surface area contributed by atoms with Crippen LogP contribution in [0.4, 0.5) is 0 Å². The van der Waals surface area contributed by atoms with E-state index in [0.29, 0.717) is 12.5 Å². The third kappa shape index (κ3) is 3.79. The van der Waals surface area contributed by atoms with Crippen LogP contribution in [0.2, 0.25) is 0 Å². The third-order valence-corrected chi connectivity index (χ3v) is 4.74. The number of rotatable bonds is 6. The maximum absolute atomic E-state index is 12.4. The van der Waals surface area contributed by atoms with Gasteiger partial charge in [0.25, 0.3) is 0 Å². The van der Waals surface area contributed by atoms with E-state index < -0.39 is 0 Å². The van der Waals surface area contributed by atoms with E-state index in [0.717, 1.165) is 18.5 Å². The number of imidazole rings is 1. The Labute approximate surface area is 147 Å². The fourth-order valence-electron chi connectivity index (χ4n) is 3.30. The number of hydrogen-bond donors (Lipinski definition) is 1. The van der Waals surface area contributed by atoms with Crippen molar-refractivity contribution in [2.24, 2.45) is 5.92 Å². The lowest BCUT2D eigenvalue weighted by molar-refractivity contribution is -0.122. The zero-order chi connectivity index (χ0) is 17.1. The molecule has 4 heteroatoms. The number of nitrogens with one attached hydrogen (secondary N) is 1. The van der Waals surface area contributed by atoms with Crippen LogP contribution in [0, 0.1) is 5.92 Å². The summed E-state index contributed by atoms with van der Waals surface area (Å²) in [4.78, 5) is 16.4. The van der Waals surface area contributed by atoms with E-state index in [9.17, 15) is 4.79 Å². The molecule has 0 unspecified atom stereocenters. The lowest BCUT2D eigenvalue weighted by atomic mass is 10.1. The molecule has 1 saturated carbocycles. The van der Waals surface area contributed by atoms with Crippen molar-refractivity contribution >= 4 is 5.91 Å². The lowest BCUT2D eigenvalue weighted by Gasteiger charge is -2.08. The Balaban J connectivity index is 1.32. The molecule has 1 amide bonds. The van der Waals surface area contributed by atoms with Gasteiger partial charge in [0.2, 0.25) is 5.91 Å². The second-order valence-electron chi connectivity index (χ2n) is 6.63. The standard InChI is InChI=1S/C21H21N3O/c25-21(20-12-19(20)18-7-2-1-3-8-18)23-13-16-5-4-6-17(11-16)14-24-10-9-22-15-24/h1-11,15,19-20H,12-14H2,(H,23,25)/t19-,20+/m1/s1. The molecule has 2 atom stereocenters. The second-order valence-corrected chi connectivity index (χ2v) is 6.63. The molecule has 0 saturated heterocycles. The largest absolute Gasteiger partial charge is 0.352 e. The highest BCUT2D eigenvalue weighted by atomic mass is 16.2. The van der Waals surface area contributed by atoms with Crippen molar-refractivity contribution in [1.29, 1.82) is 0 Å². The van der Waals surface area contributed by atoms with Gasteiger partial charge in [0.1, 0.15) is 0 Å². The van der Waals surface area contributed by atoms with E-state index in [1.165, 1.54) is 11.1 Å². The summed E-state index contributed by atoms with van der Waals surface area (Å²) in [5, 5.41) is 3.09. The smallest absolute Gasteiger partial charge is 0.224 e. The number of carbonyl (C=O) groups is 1. The molecule has 1 N–H and O–H groups in total. The minimum Gasteiger partial charge on any atom is -0.352 e. The average molecular weight is 331 g/mol.